The maximum Gasteiger partial charge on any atom is 0.252 e. The van der Waals surface area contributed by atoms with E-state index < -0.39 is 114 Å². The Bertz CT molecular complexity index is 3390. The van der Waals surface area contributed by atoms with Gasteiger partial charge in [-0.2, -0.15) is 0 Å². The molecule has 6 rings (SSSR count). The molecule has 8 unspecified atom stereocenters. The molecule has 8 atom stereocenters. The predicted octanol–water partition coefficient (Wildman–Crippen LogP) is 3.54. The minimum Gasteiger partial charge on any atom is -0.508 e. The number of aryl methyl sites for hydroxylation is 1. The molecule has 5 aromatic rings. The number of nitrogens with two attached hydrogens (primary N) is 1. The maximum absolute atomic E-state index is 15.2. The third-order valence-electron chi connectivity index (χ3n) is 16.6. The second kappa shape index (κ2) is 37.5. The van der Waals surface area contributed by atoms with Crippen molar-refractivity contribution >= 4 is 69.8 Å². The number of rotatable bonds is 37. The fourth-order valence-electron chi connectivity index (χ4n) is 11.3. The van der Waals surface area contributed by atoms with Crippen LogP contribution in [-0.2, 0) is 62.4 Å². The van der Waals surface area contributed by atoms with Gasteiger partial charge in [-0.3, -0.25) is 52.9 Å². The number of hydrogen-bond acceptors (Lipinski definition) is 14. The topological polar surface area (TPSA) is 353 Å². The fraction of sp³-hybridized carbons (Fsp3) is 0.471. The van der Waals surface area contributed by atoms with Gasteiger partial charge in [-0.25, -0.2) is 4.39 Å². The number of carbonyl (C=O) groups excluding carboxylic acids is 10. The summed E-state index contributed by atoms with van der Waals surface area (Å²) in [6.45, 7) is 9.11. The number of aromatic nitrogens is 1. The van der Waals surface area contributed by atoms with Crippen LogP contribution in [0.3, 0.4) is 0 Å². The molecule has 0 radical (unpaired) electrons. The van der Waals surface area contributed by atoms with Gasteiger partial charge in [-0.15, -0.1) is 0 Å². The average molecular weight is 1310 g/mol. The number of hydrogen-bond donors (Lipinski definition) is 11. The van der Waals surface area contributed by atoms with Crippen molar-refractivity contribution in [1.82, 2.24) is 57.3 Å². The van der Waals surface area contributed by atoms with Crippen LogP contribution in [0.1, 0.15) is 126 Å². The highest BCUT2D eigenvalue weighted by atomic mass is 19.1. The normalized spacial score (nSPS) is 15.1. The molecule has 512 valence electrons. The molecule has 4 aromatic carbocycles. The van der Waals surface area contributed by atoms with Gasteiger partial charge in [0.15, 0.2) is 0 Å². The number of fused-ring (bicyclic) bond motifs is 1. The Morgan fingerprint density at radius 1 is 0.674 bits per heavy atom. The molecule has 10 amide bonds. The number of nitrogens with one attached hydrogen (secondary N) is 8. The lowest BCUT2D eigenvalue weighted by molar-refractivity contribution is -0.144. The standard InChI is InChI=1S/C70H93FN12O12/c1-43(2)38-56(65(90)79-55(22-10-11-35-74-44(3)4)70(95)83-37-15-23-59(83)67(92)76-45(5)62(72)87)80-64(89)54(21-9-12-36-75-63(88)50-19-14-34-73-41-50)78-68(93)60(39-47-26-31-52(85)32-27-47)82(6)69(94)58(42-84)81-66(91)57(40-49-18-13-17-48-16-7-8-20-53(48)49)77-61(86)33-28-46-24-29-51(71)30-25-46/h7-8,13-14,16-20,24-27,29-32,34,41,43-45,54-60,74,84-85H,9-12,15,21-23,28,33,35-40,42H2,1-6H3,(H2,72,87)(H,75,88)(H,76,92)(H,77,86)(H,78,93)(H,79,90)(H,80,89)(H,81,91). The Hall–Kier alpha value is -9.36. The van der Waals surface area contributed by atoms with E-state index in [0.29, 0.717) is 60.9 Å². The van der Waals surface area contributed by atoms with Crippen LogP contribution in [-0.4, -0.2) is 172 Å². The van der Waals surface area contributed by atoms with Crippen LogP contribution in [0.4, 0.5) is 4.39 Å². The molecule has 1 aliphatic heterocycles. The summed E-state index contributed by atoms with van der Waals surface area (Å²) in [6.07, 6.45) is 5.38. The molecule has 0 saturated carbocycles. The second-order valence-electron chi connectivity index (χ2n) is 24.9. The molecule has 0 bridgehead atoms. The Labute approximate surface area is 554 Å². The summed E-state index contributed by atoms with van der Waals surface area (Å²) in [5.41, 5.74) is 7.57. The summed E-state index contributed by atoms with van der Waals surface area (Å²) >= 11 is 0. The second-order valence-corrected chi connectivity index (χ2v) is 24.9. The lowest BCUT2D eigenvalue weighted by Gasteiger charge is -2.33. The number of aliphatic hydroxyl groups is 1. The molecule has 25 heteroatoms. The zero-order chi connectivity index (χ0) is 69.1. The molecular weight excluding hydrogens is 1220 g/mol. The SMILES string of the molecule is CC(C)CC(NC(=O)C(CCCCNC(=O)c1cccnc1)NC(=O)C(Cc1ccc(O)cc1)N(C)C(=O)C(CO)NC(=O)C(Cc1cccc2ccccc12)NC(=O)CCc1ccc(F)cc1)C(=O)NC(CCCCNC(C)C)C(=O)N1CCCC1C(=O)NC(C)C(N)=O. The lowest BCUT2D eigenvalue weighted by atomic mass is 9.97. The highest BCUT2D eigenvalue weighted by molar-refractivity contribution is 5.99. The van der Waals surface area contributed by atoms with E-state index in [0.717, 1.165) is 15.7 Å². The van der Waals surface area contributed by atoms with Crippen LogP contribution >= 0.6 is 0 Å². The van der Waals surface area contributed by atoms with E-state index in [-0.39, 0.29) is 88.1 Å². The zero-order valence-electron chi connectivity index (χ0n) is 55.0. The van der Waals surface area contributed by atoms with Gasteiger partial charge in [0.25, 0.3) is 5.91 Å². The molecule has 1 aromatic heterocycles. The Morgan fingerprint density at radius 3 is 1.98 bits per heavy atom. The average Bonchev–Trinajstić information content (AvgIpc) is 1.81. The fourth-order valence-corrected chi connectivity index (χ4v) is 11.3. The smallest absolute Gasteiger partial charge is 0.252 e. The van der Waals surface area contributed by atoms with Crippen LogP contribution in [0, 0.1) is 11.7 Å². The molecule has 12 N–H and O–H groups in total. The largest absolute Gasteiger partial charge is 0.508 e. The van der Waals surface area contributed by atoms with E-state index in [9.17, 15) is 53.0 Å². The number of phenols is 1. The van der Waals surface area contributed by atoms with Crippen molar-refractivity contribution < 1.29 is 62.5 Å². The molecule has 0 spiro atoms. The first-order chi connectivity index (χ1) is 45.4. The maximum atomic E-state index is 15.2. The van der Waals surface area contributed by atoms with Crippen LogP contribution in [0.25, 0.3) is 10.8 Å². The highest BCUT2D eigenvalue weighted by Crippen LogP contribution is 2.23. The van der Waals surface area contributed by atoms with Gasteiger partial charge in [-0.1, -0.05) is 94.4 Å². The first kappa shape index (κ1) is 74.7. The van der Waals surface area contributed by atoms with E-state index in [2.05, 4.69) is 47.5 Å². The van der Waals surface area contributed by atoms with E-state index in [1.165, 1.54) is 67.7 Å². The highest BCUT2D eigenvalue weighted by Gasteiger charge is 2.40. The van der Waals surface area contributed by atoms with Crippen molar-refractivity contribution in [3.8, 4) is 5.75 Å². The van der Waals surface area contributed by atoms with E-state index in [1.807, 2.05) is 58.0 Å². The van der Waals surface area contributed by atoms with Crippen molar-refractivity contribution in [1.29, 1.82) is 0 Å². The number of pyridine rings is 1. The van der Waals surface area contributed by atoms with Crippen LogP contribution in [0.2, 0.25) is 0 Å². The number of phenolic OH excluding ortho intramolecular Hbond substituents is 1. The first-order valence-corrected chi connectivity index (χ1v) is 32.6. The third kappa shape index (κ3) is 23.6. The van der Waals surface area contributed by atoms with Crippen LogP contribution < -0.4 is 48.3 Å². The van der Waals surface area contributed by atoms with E-state index in [1.54, 1.807) is 36.4 Å². The number of likely N-dealkylation sites (tertiary alicyclic amines) is 1. The Kier molecular flexibility index (Phi) is 29.5. The number of unbranched alkanes of at least 4 members (excludes halogenated alkanes) is 2. The molecule has 0 aliphatic carbocycles. The number of nitrogens with zero attached hydrogens (tertiary/aromatic N) is 3. The Balaban J connectivity index is 1.27. The quantitative estimate of drug-likeness (QED) is 0.0254. The van der Waals surface area contributed by atoms with Crippen molar-refractivity contribution in [2.45, 2.75) is 172 Å². The van der Waals surface area contributed by atoms with Crippen molar-refractivity contribution in [3.05, 3.63) is 144 Å². The Morgan fingerprint density at radius 2 is 1.31 bits per heavy atom. The summed E-state index contributed by atoms with van der Waals surface area (Å²) in [5, 5.41) is 45.6. The monoisotopic (exact) mass is 1310 g/mol. The minimum absolute atomic E-state index is 0.0436. The van der Waals surface area contributed by atoms with Crippen molar-refractivity contribution in [2.24, 2.45) is 11.7 Å². The van der Waals surface area contributed by atoms with E-state index >= 15 is 9.59 Å². The molecule has 1 aliphatic rings. The molecule has 1 fully saturated rings. The molecule has 2 heterocycles. The van der Waals surface area contributed by atoms with Crippen LogP contribution in [0.5, 0.6) is 5.75 Å². The number of carbonyl (C=O) groups is 10. The summed E-state index contributed by atoms with van der Waals surface area (Å²) < 4.78 is 13.7. The summed E-state index contributed by atoms with van der Waals surface area (Å²) in [7, 11) is 1.28. The number of aromatic hydroxyl groups is 1. The number of primary amides is 1. The number of halogens is 1. The number of aliphatic hydroxyl groups excluding tert-OH is 1. The molecule has 95 heavy (non-hydrogen) atoms. The van der Waals surface area contributed by atoms with Gasteiger partial charge in [0.1, 0.15) is 59.9 Å². The van der Waals surface area contributed by atoms with Gasteiger partial charge in [0, 0.05) is 57.8 Å². The van der Waals surface area contributed by atoms with Gasteiger partial charge < -0.3 is 68.3 Å². The predicted molar refractivity (Wildman–Crippen MR) is 356 cm³/mol. The van der Waals surface area contributed by atoms with Crippen molar-refractivity contribution in [2.75, 3.05) is 33.3 Å². The number of likely N-dealkylation sites (N-methyl/N-ethyl adjacent to an activating group) is 1. The van der Waals surface area contributed by atoms with Gasteiger partial charge in [-0.05, 0) is 147 Å². The molecule has 1 saturated heterocycles. The van der Waals surface area contributed by atoms with Gasteiger partial charge in [0.2, 0.25) is 53.2 Å². The van der Waals surface area contributed by atoms with Crippen LogP contribution in [0.15, 0.2) is 116 Å². The summed E-state index contributed by atoms with van der Waals surface area (Å²) in [4.78, 5) is 147. The molecular formula is C70H93FN12O12. The lowest BCUT2D eigenvalue weighted by Crippen LogP contribution is -2.61. The first-order valence-electron chi connectivity index (χ1n) is 32.6. The number of benzene rings is 4. The molecule has 24 nitrogen and oxygen atoms in total. The summed E-state index contributed by atoms with van der Waals surface area (Å²) in [5.74, 6) is -7.70. The van der Waals surface area contributed by atoms with Gasteiger partial charge >= 0.3 is 0 Å². The minimum atomic E-state index is -1.70. The number of amides is 10. The van der Waals surface area contributed by atoms with Crippen molar-refractivity contribution in [3.63, 3.8) is 0 Å². The third-order valence-corrected chi connectivity index (χ3v) is 16.6. The van der Waals surface area contributed by atoms with Gasteiger partial charge in [0.05, 0.1) is 12.2 Å². The zero-order valence-corrected chi connectivity index (χ0v) is 55.0. The van der Waals surface area contributed by atoms with E-state index in [4.69, 9.17) is 5.73 Å². The summed E-state index contributed by atoms with van der Waals surface area (Å²) in [6, 6.07) is 17.5.